The van der Waals surface area contributed by atoms with Gasteiger partial charge in [-0.1, -0.05) is 11.6 Å². The van der Waals surface area contributed by atoms with E-state index in [1.165, 1.54) is 23.9 Å². The first kappa shape index (κ1) is 18.2. The molecule has 5 aromatic rings. The summed E-state index contributed by atoms with van der Waals surface area (Å²) >= 11 is 1.29. The van der Waals surface area contributed by atoms with Crippen LogP contribution in [0.25, 0.3) is 27.5 Å². The van der Waals surface area contributed by atoms with Crippen LogP contribution in [0.2, 0.25) is 0 Å². The molecule has 0 spiro atoms. The number of aromatic nitrogens is 3. The highest BCUT2D eigenvalue weighted by Gasteiger charge is 2.27. The van der Waals surface area contributed by atoms with Crippen LogP contribution in [-0.4, -0.2) is 25.2 Å². The molecule has 4 heterocycles. The molecule has 0 saturated carbocycles. The first-order valence-electron chi connectivity index (χ1n) is 9.04. The van der Waals surface area contributed by atoms with Crippen LogP contribution in [0, 0.1) is 6.92 Å². The molecule has 0 amide bonds. The molecule has 0 aliphatic rings. The second kappa shape index (κ2) is 6.60. The van der Waals surface area contributed by atoms with Gasteiger partial charge in [-0.2, -0.15) is 0 Å². The van der Waals surface area contributed by atoms with Crippen LogP contribution in [0.5, 0.6) is 0 Å². The lowest BCUT2D eigenvalue weighted by molar-refractivity contribution is 0.0686. The summed E-state index contributed by atoms with van der Waals surface area (Å²) in [7, 11) is 0. The van der Waals surface area contributed by atoms with Gasteiger partial charge in [0.2, 0.25) is 0 Å². The van der Waals surface area contributed by atoms with Crippen LogP contribution in [0.1, 0.15) is 21.6 Å². The van der Waals surface area contributed by atoms with Crippen molar-refractivity contribution < 1.29 is 14.3 Å². The molecule has 9 heteroatoms. The lowest BCUT2D eigenvalue weighted by Gasteiger charge is -2.09. The molecule has 1 aromatic carbocycles. The summed E-state index contributed by atoms with van der Waals surface area (Å²) in [6.45, 7) is 2.08. The standard InChI is InChI=1S/C21H15N3O5S/c1-11-2-3-16-13(6-11)17(18(20(26)27)23(16)7-12-4-5-29-8-12)24-19(25)14-9-30-10-15(14)22-21(24)28/h2-6,8-10H,7H2,1H3,(H,22,28)(H,26,27). The molecule has 0 saturated heterocycles. The molecule has 8 nitrogen and oxygen atoms in total. The highest BCUT2D eigenvalue weighted by atomic mass is 32.1. The smallest absolute Gasteiger partial charge is 0.354 e. The first-order valence-corrected chi connectivity index (χ1v) is 9.99. The van der Waals surface area contributed by atoms with E-state index in [1.54, 1.807) is 33.5 Å². The Morgan fingerprint density at radius 1 is 1.20 bits per heavy atom. The number of hydrogen-bond acceptors (Lipinski definition) is 5. The molecule has 0 atom stereocenters. The van der Waals surface area contributed by atoms with E-state index in [9.17, 15) is 19.5 Å². The zero-order valence-corrected chi connectivity index (χ0v) is 16.5. The summed E-state index contributed by atoms with van der Waals surface area (Å²) in [4.78, 5) is 41.1. The highest BCUT2D eigenvalue weighted by molar-refractivity contribution is 7.09. The molecule has 0 fully saturated rings. The fourth-order valence-electron chi connectivity index (χ4n) is 3.77. The number of hydrogen-bond donors (Lipinski definition) is 2. The number of thiophene rings is 1. The summed E-state index contributed by atoms with van der Waals surface area (Å²) in [6, 6.07) is 7.18. The van der Waals surface area contributed by atoms with Gasteiger partial charge in [0.15, 0.2) is 5.69 Å². The van der Waals surface area contributed by atoms with Gasteiger partial charge < -0.3 is 19.1 Å². The molecule has 2 N–H and O–H groups in total. The summed E-state index contributed by atoms with van der Waals surface area (Å²) in [5.74, 6) is -1.24. The number of nitrogens with one attached hydrogen (secondary N) is 1. The van der Waals surface area contributed by atoms with Crippen LogP contribution in [-0.2, 0) is 6.54 Å². The van der Waals surface area contributed by atoms with Crippen molar-refractivity contribution in [1.29, 1.82) is 0 Å². The van der Waals surface area contributed by atoms with E-state index in [-0.39, 0.29) is 17.9 Å². The third-order valence-electron chi connectivity index (χ3n) is 5.08. The fraction of sp³-hybridized carbons (Fsp3) is 0.0952. The van der Waals surface area contributed by atoms with Crippen molar-refractivity contribution in [2.75, 3.05) is 0 Å². The molecular weight excluding hydrogens is 406 g/mol. The van der Waals surface area contributed by atoms with E-state index >= 15 is 0 Å². The Hall–Kier alpha value is -3.85. The number of aromatic amines is 1. The van der Waals surface area contributed by atoms with Gasteiger partial charge in [-0.05, 0) is 25.1 Å². The third-order valence-corrected chi connectivity index (χ3v) is 5.82. The van der Waals surface area contributed by atoms with Crippen molar-refractivity contribution in [2.24, 2.45) is 0 Å². The monoisotopic (exact) mass is 421 g/mol. The van der Waals surface area contributed by atoms with Gasteiger partial charge in [-0.15, -0.1) is 11.3 Å². The lowest BCUT2D eigenvalue weighted by atomic mass is 10.1. The van der Waals surface area contributed by atoms with Gasteiger partial charge in [0, 0.05) is 21.7 Å². The summed E-state index contributed by atoms with van der Waals surface area (Å²) in [5, 5.41) is 14.2. The average molecular weight is 421 g/mol. The van der Waals surface area contributed by atoms with Crippen molar-refractivity contribution in [3.63, 3.8) is 0 Å². The minimum atomic E-state index is -1.24. The van der Waals surface area contributed by atoms with Crippen molar-refractivity contribution in [3.8, 4) is 5.69 Å². The van der Waals surface area contributed by atoms with Crippen LogP contribution >= 0.6 is 11.3 Å². The molecule has 30 heavy (non-hydrogen) atoms. The van der Waals surface area contributed by atoms with E-state index in [4.69, 9.17) is 4.42 Å². The van der Waals surface area contributed by atoms with Crippen LogP contribution < -0.4 is 11.2 Å². The highest BCUT2D eigenvalue weighted by Crippen LogP contribution is 2.30. The number of carbonyl (C=O) groups is 1. The van der Waals surface area contributed by atoms with Gasteiger partial charge >= 0.3 is 11.7 Å². The van der Waals surface area contributed by atoms with E-state index in [0.717, 1.165) is 15.7 Å². The van der Waals surface area contributed by atoms with Gasteiger partial charge in [0.1, 0.15) is 0 Å². The maximum absolute atomic E-state index is 13.2. The number of carboxylic acids is 1. The Morgan fingerprint density at radius 3 is 2.77 bits per heavy atom. The van der Waals surface area contributed by atoms with E-state index in [2.05, 4.69) is 4.98 Å². The molecule has 0 aliphatic heterocycles. The van der Waals surface area contributed by atoms with E-state index < -0.39 is 17.2 Å². The summed E-state index contributed by atoms with van der Waals surface area (Å²) in [5.41, 5.74) is 1.35. The van der Waals surface area contributed by atoms with Crippen LogP contribution in [0.3, 0.4) is 0 Å². The minimum absolute atomic E-state index is 0.0593. The Labute approximate surface area is 172 Å². The SMILES string of the molecule is Cc1ccc2c(c1)c(-n1c(=O)[nH]c3cscc3c1=O)c(C(=O)O)n2Cc1ccoc1. The van der Waals surface area contributed by atoms with Crippen molar-refractivity contribution in [3.05, 3.63) is 85.2 Å². The zero-order valence-electron chi connectivity index (χ0n) is 15.7. The fourth-order valence-corrected chi connectivity index (χ4v) is 4.52. The number of rotatable bonds is 4. The van der Waals surface area contributed by atoms with Crippen molar-refractivity contribution >= 4 is 39.1 Å². The number of aromatic carboxylic acids is 1. The molecule has 0 radical (unpaired) electrons. The Balaban J connectivity index is 1.95. The number of furan rings is 1. The van der Waals surface area contributed by atoms with Gasteiger partial charge in [-0.25, -0.2) is 14.2 Å². The summed E-state index contributed by atoms with van der Waals surface area (Å²) < 4.78 is 7.62. The molecule has 4 aromatic heterocycles. The van der Waals surface area contributed by atoms with E-state index in [1.807, 2.05) is 13.0 Å². The Morgan fingerprint density at radius 2 is 2.03 bits per heavy atom. The second-order valence-electron chi connectivity index (χ2n) is 7.01. The normalized spacial score (nSPS) is 11.5. The predicted octanol–water partition coefficient (Wildman–Crippen LogP) is 3.34. The average Bonchev–Trinajstić information content (AvgIpc) is 3.42. The van der Waals surface area contributed by atoms with Gasteiger partial charge in [0.25, 0.3) is 5.56 Å². The van der Waals surface area contributed by atoms with Crippen molar-refractivity contribution in [2.45, 2.75) is 13.5 Å². The number of fused-ring (bicyclic) bond motifs is 2. The molecule has 0 unspecified atom stereocenters. The maximum Gasteiger partial charge on any atom is 0.354 e. The number of H-pyrrole nitrogens is 1. The Kier molecular flexibility index (Phi) is 4.00. The number of benzene rings is 1. The molecule has 0 bridgehead atoms. The number of carboxylic acid groups (broad SMARTS) is 1. The largest absolute Gasteiger partial charge is 0.477 e. The first-order chi connectivity index (χ1) is 14.5. The number of aryl methyl sites for hydroxylation is 1. The Bertz CT molecular complexity index is 1550. The molecular formula is C21H15N3O5S. The topological polar surface area (TPSA) is 110 Å². The van der Waals surface area contributed by atoms with Gasteiger partial charge in [-0.3, -0.25) is 4.79 Å². The minimum Gasteiger partial charge on any atom is -0.477 e. The summed E-state index contributed by atoms with van der Waals surface area (Å²) in [6.07, 6.45) is 3.04. The van der Waals surface area contributed by atoms with E-state index in [0.29, 0.717) is 21.8 Å². The molecule has 0 aliphatic carbocycles. The quantitative estimate of drug-likeness (QED) is 0.462. The molecule has 5 rings (SSSR count). The second-order valence-corrected chi connectivity index (χ2v) is 7.75. The van der Waals surface area contributed by atoms with Crippen molar-refractivity contribution in [1.82, 2.24) is 14.1 Å². The van der Waals surface area contributed by atoms with Crippen LogP contribution in [0.4, 0.5) is 0 Å². The lowest BCUT2D eigenvalue weighted by Crippen LogP contribution is -2.34. The van der Waals surface area contributed by atoms with Crippen LogP contribution in [0.15, 0.2) is 61.6 Å². The number of nitrogens with zero attached hydrogens (tertiary/aromatic N) is 2. The van der Waals surface area contributed by atoms with Gasteiger partial charge in [0.05, 0.1) is 41.2 Å². The third kappa shape index (κ3) is 2.63. The maximum atomic E-state index is 13.2. The zero-order chi connectivity index (χ0) is 21.0. The predicted molar refractivity (Wildman–Crippen MR) is 113 cm³/mol. The molecule has 150 valence electrons.